The van der Waals surface area contributed by atoms with E-state index < -0.39 is 23.8 Å². The van der Waals surface area contributed by atoms with Crippen LogP contribution in [0.25, 0.3) is 0 Å². The van der Waals surface area contributed by atoms with Crippen LogP contribution in [0.15, 0.2) is 30.3 Å². The molecule has 0 aliphatic heterocycles. The summed E-state index contributed by atoms with van der Waals surface area (Å²) in [7, 11) is 0. The van der Waals surface area contributed by atoms with E-state index >= 15 is 0 Å². The van der Waals surface area contributed by atoms with E-state index in [0.717, 1.165) is 17.4 Å². The molecule has 2 rings (SSSR count). The topological polar surface area (TPSA) is 72.5 Å². The maximum absolute atomic E-state index is 13.0. The fourth-order valence-corrected chi connectivity index (χ4v) is 2.69. The first-order chi connectivity index (χ1) is 10.2. The van der Waals surface area contributed by atoms with Crippen molar-refractivity contribution in [2.75, 3.05) is 5.73 Å². The average Bonchev–Trinajstić information content (AvgIpc) is 2.79. The lowest BCUT2D eigenvalue weighted by atomic mass is 10.0. The Morgan fingerprint density at radius 3 is 2.59 bits per heavy atom. The number of benzene rings is 1. The number of ether oxygens (including phenoxy) is 1. The molecular weight excluding hydrogens is 319 g/mol. The van der Waals surface area contributed by atoms with Crippen molar-refractivity contribution in [2.45, 2.75) is 19.2 Å². The molecule has 118 valence electrons. The quantitative estimate of drug-likeness (QED) is 0.881. The number of aromatic carboxylic acids is 1. The minimum absolute atomic E-state index is 0.0422. The van der Waals surface area contributed by atoms with E-state index in [1.807, 2.05) is 0 Å². The second-order valence-corrected chi connectivity index (χ2v) is 5.58. The predicted octanol–water partition coefficient (Wildman–Crippen LogP) is 4.19. The Kier molecular flexibility index (Phi) is 4.32. The fraction of sp³-hybridized carbons (Fsp3) is 0.214. The molecule has 0 bridgehead atoms. The summed E-state index contributed by atoms with van der Waals surface area (Å²) in [6.07, 6.45) is -5.50. The Bertz CT molecular complexity index is 697. The lowest BCUT2D eigenvalue weighted by molar-refractivity contribution is -0.139. The van der Waals surface area contributed by atoms with Crippen LogP contribution in [0.4, 0.5) is 18.2 Å². The molecule has 0 unspecified atom stereocenters. The van der Waals surface area contributed by atoms with Crippen LogP contribution in [0.3, 0.4) is 0 Å². The number of nitrogen functional groups attached to an aromatic ring is 1. The zero-order valence-corrected chi connectivity index (χ0v) is 12.2. The standard InChI is InChI=1S/C14H12F3NO3S/c1-7(8-4-2-3-5-9(8)14(15,16)17)21-10-6-11(18)22-12(10)13(19)20/h2-7H,18H2,1H3,(H,19,20)/t7-/m1/s1. The van der Waals surface area contributed by atoms with Gasteiger partial charge in [0.15, 0.2) is 4.88 Å². The zero-order valence-electron chi connectivity index (χ0n) is 11.3. The van der Waals surface area contributed by atoms with E-state index in [1.54, 1.807) is 0 Å². The Morgan fingerprint density at radius 1 is 1.36 bits per heavy atom. The number of thiophene rings is 1. The number of carboxylic acid groups (broad SMARTS) is 1. The summed E-state index contributed by atoms with van der Waals surface area (Å²) in [6.45, 7) is 1.42. The Morgan fingerprint density at radius 2 is 2.00 bits per heavy atom. The van der Waals surface area contributed by atoms with Gasteiger partial charge in [0.1, 0.15) is 11.9 Å². The molecule has 0 saturated heterocycles. The van der Waals surface area contributed by atoms with Crippen LogP contribution in [0.1, 0.15) is 33.8 Å². The second-order valence-electron chi connectivity index (χ2n) is 4.49. The average molecular weight is 331 g/mol. The molecule has 0 amide bonds. The number of nitrogens with two attached hydrogens (primary N) is 1. The van der Waals surface area contributed by atoms with Gasteiger partial charge in [-0.1, -0.05) is 18.2 Å². The van der Waals surface area contributed by atoms with Crippen LogP contribution in [-0.2, 0) is 6.18 Å². The molecule has 1 aromatic carbocycles. The summed E-state index contributed by atoms with van der Waals surface area (Å²) in [5, 5.41) is 9.25. The monoisotopic (exact) mass is 331 g/mol. The van der Waals surface area contributed by atoms with Gasteiger partial charge in [-0.15, -0.1) is 11.3 Å². The summed E-state index contributed by atoms with van der Waals surface area (Å²) < 4.78 is 44.4. The summed E-state index contributed by atoms with van der Waals surface area (Å²) in [6, 6.07) is 6.29. The largest absolute Gasteiger partial charge is 0.484 e. The number of carbonyl (C=O) groups is 1. The molecular formula is C14H12F3NO3S. The van der Waals surface area contributed by atoms with Crippen LogP contribution in [0, 0.1) is 0 Å². The molecule has 0 aliphatic carbocycles. The van der Waals surface area contributed by atoms with E-state index in [1.165, 1.54) is 31.2 Å². The smallest absolute Gasteiger partial charge is 0.416 e. The molecule has 8 heteroatoms. The summed E-state index contributed by atoms with van der Waals surface area (Å²) in [5.74, 6) is -1.28. The van der Waals surface area contributed by atoms with Crippen molar-refractivity contribution >= 4 is 22.3 Å². The van der Waals surface area contributed by atoms with Gasteiger partial charge in [0.05, 0.1) is 10.6 Å². The van der Waals surface area contributed by atoms with Crippen LogP contribution < -0.4 is 10.5 Å². The number of anilines is 1. The molecule has 0 spiro atoms. The Hall–Kier alpha value is -2.22. The second kappa shape index (κ2) is 5.88. The van der Waals surface area contributed by atoms with Crippen molar-refractivity contribution in [2.24, 2.45) is 0 Å². The third kappa shape index (κ3) is 3.33. The minimum atomic E-state index is -4.52. The zero-order chi connectivity index (χ0) is 16.5. The first kappa shape index (κ1) is 16.2. The van der Waals surface area contributed by atoms with Gasteiger partial charge < -0.3 is 15.6 Å². The number of hydrogen-bond acceptors (Lipinski definition) is 4. The van der Waals surface area contributed by atoms with Gasteiger partial charge in [-0.3, -0.25) is 0 Å². The van der Waals surface area contributed by atoms with Crippen molar-refractivity contribution in [1.82, 2.24) is 0 Å². The van der Waals surface area contributed by atoms with Crippen molar-refractivity contribution in [3.63, 3.8) is 0 Å². The molecule has 0 fully saturated rings. The predicted molar refractivity (Wildman–Crippen MR) is 76.2 cm³/mol. The van der Waals surface area contributed by atoms with E-state index in [-0.39, 0.29) is 21.2 Å². The third-order valence-corrected chi connectivity index (χ3v) is 3.85. The van der Waals surface area contributed by atoms with Crippen LogP contribution >= 0.6 is 11.3 Å². The van der Waals surface area contributed by atoms with Crippen LogP contribution in [0.5, 0.6) is 5.75 Å². The summed E-state index contributed by atoms with van der Waals surface area (Å²) in [4.78, 5) is 10.9. The molecule has 0 radical (unpaired) electrons. The molecule has 22 heavy (non-hydrogen) atoms. The van der Waals surface area contributed by atoms with Crippen molar-refractivity contribution < 1.29 is 27.8 Å². The lowest BCUT2D eigenvalue weighted by Crippen LogP contribution is -2.14. The van der Waals surface area contributed by atoms with Crippen LogP contribution in [0.2, 0.25) is 0 Å². The molecule has 2 aromatic rings. The van der Waals surface area contributed by atoms with Gasteiger partial charge in [0, 0.05) is 11.6 Å². The van der Waals surface area contributed by atoms with E-state index in [0.29, 0.717) is 0 Å². The van der Waals surface area contributed by atoms with Crippen molar-refractivity contribution in [3.8, 4) is 5.75 Å². The Labute approximate surface area is 127 Å². The van der Waals surface area contributed by atoms with Crippen molar-refractivity contribution in [3.05, 3.63) is 46.3 Å². The van der Waals surface area contributed by atoms with Gasteiger partial charge >= 0.3 is 12.1 Å². The fourth-order valence-electron chi connectivity index (χ4n) is 1.99. The van der Waals surface area contributed by atoms with E-state index in [4.69, 9.17) is 15.6 Å². The van der Waals surface area contributed by atoms with Gasteiger partial charge in [0.25, 0.3) is 0 Å². The molecule has 1 atom stereocenters. The molecule has 0 saturated carbocycles. The highest BCUT2D eigenvalue weighted by Gasteiger charge is 2.34. The number of halogens is 3. The molecule has 1 heterocycles. The number of hydrogen-bond donors (Lipinski definition) is 2. The van der Waals surface area contributed by atoms with E-state index in [9.17, 15) is 18.0 Å². The lowest BCUT2D eigenvalue weighted by Gasteiger charge is -2.19. The highest BCUT2D eigenvalue weighted by molar-refractivity contribution is 7.18. The number of alkyl halides is 3. The number of rotatable bonds is 4. The minimum Gasteiger partial charge on any atom is -0.484 e. The van der Waals surface area contributed by atoms with Gasteiger partial charge in [0.2, 0.25) is 0 Å². The van der Waals surface area contributed by atoms with Crippen LogP contribution in [-0.4, -0.2) is 11.1 Å². The maximum atomic E-state index is 13.0. The normalized spacial score (nSPS) is 12.9. The third-order valence-electron chi connectivity index (χ3n) is 2.92. The van der Waals surface area contributed by atoms with Gasteiger partial charge in [-0.25, -0.2) is 4.79 Å². The maximum Gasteiger partial charge on any atom is 0.416 e. The first-order valence-corrected chi connectivity index (χ1v) is 6.97. The number of carboxylic acids is 1. The van der Waals surface area contributed by atoms with Crippen molar-refractivity contribution in [1.29, 1.82) is 0 Å². The molecule has 0 aliphatic rings. The first-order valence-electron chi connectivity index (χ1n) is 6.15. The molecule has 1 aromatic heterocycles. The van der Waals surface area contributed by atoms with Gasteiger partial charge in [-0.05, 0) is 13.0 Å². The Balaban J connectivity index is 2.35. The highest BCUT2D eigenvalue weighted by Crippen LogP contribution is 2.38. The SMILES string of the molecule is C[C@@H](Oc1cc(N)sc1C(=O)O)c1ccccc1C(F)(F)F. The van der Waals surface area contributed by atoms with E-state index in [2.05, 4.69) is 0 Å². The summed E-state index contributed by atoms with van der Waals surface area (Å²) in [5.41, 5.74) is 4.64. The molecule has 3 N–H and O–H groups in total. The summed E-state index contributed by atoms with van der Waals surface area (Å²) >= 11 is 0.800. The molecule has 4 nitrogen and oxygen atoms in total. The van der Waals surface area contributed by atoms with Gasteiger partial charge in [-0.2, -0.15) is 13.2 Å². The highest BCUT2D eigenvalue weighted by atomic mass is 32.1.